The Hall–Kier alpha value is -4.51. The van der Waals surface area contributed by atoms with Gasteiger partial charge in [0.1, 0.15) is 16.9 Å². The Morgan fingerprint density at radius 3 is 2.62 bits per heavy atom. The molecule has 0 atom stereocenters. The molecule has 11 heteroatoms. The first kappa shape index (κ1) is 21.3. The van der Waals surface area contributed by atoms with Crippen molar-refractivity contribution >= 4 is 32.5 Å². The molecule has 10 nitrogen and oxygen atoms in total. The lowest BCUT2D eigenvalue weighted by molar-refractivity contribution is 0.0995. The van der Waals surface area contributed by atoms with E-state index in [0.717, 1.165) is 0 Å². The van der Waals surface area contributed by atoms with Crippen LogP contribution in [-0.4, -0.2) is 34.1 Å². The molecule has 170 valence electrons. The molecule has 1 amide bonds. The number of H-pyrrole nitrogens is 1. The summed E-state index contributed by atoms with van der Waals surface area (Å²) in [7, 11) is -3.62. The number of para-hydroxylation sites is 2. The number of hydrogen-bond acceptors (Lipinski definition) is 7. The fourth-order valence-corrected chi connectivity index (χ4v) is 4.72. The maximum Gasteiger partial charge on any atom is 0.291 e. The zero-order chi connectivity index (χ0) is 23.7. The average Bonchev–Trinajstić information content (AvgIpc) is 3.48. The van der Waals surface area contributed by atoms with Crippen molar-refractivity contribution in [3.05, 3.63) is 101 Å². The van der Waals surface area contributed by atoms with Gasteiger partial charge in [0.15, 0.2) is 21.2 Å². The van der Waals surface area contributed by atoms with Crippen LogP contribution in [0.1, 0.15) is 16.3 Å². The summed E-state index contributed by atoms with van der Waals surface area (Å²) in [6.45, 7) is 0. The van der Waals surface area contributed by atoms with Crippen molar-refractivity contribution in [3.8, 4) is 5.69 Å². The normalized spacial score (nSPS) is 11.5. The van der Waals surface area contributed by atoms with Crippen LogP contribution in [0.5, 0.6) is 0 Å². The molecule has 5 rings (SSSR count). The minimum Gasteiger partial charge on any atom is -0.455 e. The highest BCUT2D eigenvalue weighted by Gasteiger charge is 2.20. The smallest absolute Gasteiger partial charge is 0.291 e. The van der Waals surface area contributed by atoms with Gasteiger partial charge in [0, 0.05) is 0 Å². The van der Waals surface area contributed by atoms with Gasteiger partial charge in [0.05, 0.1) is 28.8 Å². The number of nitrogens with one attached hydrogen (secondary N) is 2. The lowest BCUT2D eigenvalue weighted by Crippen LogP contribution is -2.14. The van der Waals surface area contributed by atoms with Crippen LogP contribution < -0.4 is 10.9 Å². The van der Waals surface area contributed by atoms with Crippen LogP contribution in [0.25, 0.3) is 16.7 Å². The number of carbonyl (C=O) groups excluding carboxylic acids is 1. The summed E-state index contributed by atoms with van der Waals surface area (Å²) in [5.74, 6) is -0.852. The summed E-state index contributed by atoms with van der Waals surface area (Å²) in [5, 5.41) is 7.28. The molecule has 3 heterocycles. The van der Waals surface area contributed by atoms with Crippen molar-refractivity contribution in [3.63, 3.8) is 0 Å². The second kappa shape index (κ2) is 8.45. The van der Waals surface area contributed by atoms with Crippen LogP contribution in [0.3, 0.4) is 0 Å². The maximum absolute atomic E-state index is 12.8. The summed E-state index contributed by atoms with van der Waals surface area (Å²) < 4.78 is 32.1. The molecule has 0 bridgehead atoms. The molecule has 0 spiro atoms. The van der Waals surface area contributed by atoms with Gasteiger partial charge in [0.25, 0.3) is 11.5 Å². The molecule has 5 aromatic rings. The zero-order valence-electron chi connectivity index (χ0n) is 17.5. The van der Waals surface area contributed by atoms with E-state index in [-0.39, 0.29) is 27.7 Å². The van der Waals surface area contributed by atoms with Crippen molar-refractivity contribution in [1.82, 2.24) is 19.7 Å². The lowest BCUT2D eigenvalue weighted by atomic mass is 10.2. The molecule has 0 unspecified atom stereocenters. The molecule has 0 saturated carbocycles. The van der Waals surface area contributed by atoms with Gasteiger partial charge in [-0.15, -0.1) is 0 Å². The number of furan rings is 1. The molecule has 0 aliphatic rings. The van der Waals surface area contributed by atoms with Crippen molar-refractivity contribution < 1.29 is 17.6 Å². The van der Waals surface area contributed by atoms with Gasteiger partial charge in [-0.05, 0) is 36.4 Å². The molecule has 0 radical (unpaired) electrons. The van der Waals surface area contributed by atoms with Gasteiger partial charge in [-0.3, -0.25) is 9.59 Å². The predicted octanol–water partition coefficient (Wildman–Crippen LogP) is 2.93. The molecule has 3 aromatic heterocycles. The van der Waals surface area contributed by atoms with E-state index >= 15 is 0 Å². The van der Waals surface area contributed by atoms with Crippen LogP contribution in [0, 0.1) is 0 Å². The topological polar surface area (TPSA) is 140 Å². The second-order valence-corrected chi connectivity index (χ2v) is 9.32. The number of anilines is 1. The number of aromatic amines is 1. The highest BCUT2D eigenvalue weighted by atomic mass is 32.2. The zero-order valence-corrected chi connectivity index (χ0v) is 18.3. The standard InChI is InChI=1S/C23H17N5O5S/c29-22-17-12-26-28(21(17)24-14-25-22)19-9-5-4-8-18(19)27-23(30)20-11-10-15(33-20)13-34(31,32)16-6-2-1-3-7-16/h1-12,14H,13H2,(H,27,30)(H,24,25,29). The maximum atomic E-state index is 12.8. The van der Waals surface area contributed by atoms with Crippen molar-refractivity contribution in [2.45, 2.75) is 10.6 Å². The van der Waals surface area contributed by atoms with Crippen molar-refractivity contribution in [2.24, 2.45) is 0 Å². The fraction of sp³-hybridized carbons (Fsp3) is 0.0435. The Labute approximate surface area is 192 Å². The third-order valence-electron chi connectivity index (χ3n) is 5.07. The Bertz CT molecular complexity index is 1670. The van der Waals surface area contributed by atoms with Crippen LogP contribution in [0.15, 0.2) is 93.4 Å². The number of amides is 1. The fourth-order valence-electron chi connectivity index (χ4n) is 3.46. The Morgan fingerprint density at radius 1 is 1.03 bits per heavy atom. The number of rotatable bonds is 6. The highest BCUT2D eigenvalue weighted by Crippen LogP contribution is 2.24. The number of fused-ring (bicyclic) bond motifs is 1. The quantitative estimate of drug-likeness (QED) is 0.385. The number of nitrogens with zero attached hydrogens (tertiary/aromatic N) is 3. The van der Waals surface area contributed by atoms with Gasteiger partial charge in [-0.2, -0.15) is 5.10 Å². The SMILES string of the molecule is O=C(Nc1ccccc1-n1ncc2c(=O)[nH]cnc21)c1ccc(CS(=O)(=O)c2ccccc2)o1. The van der Waals surface area contributed by atoms with Crippen LogP contribution in [0.2, 0.25) is 0 Å². The van der Waals surface area contributed by atoms with Crippen LogP contribution in [0.4, 0.5) is 5.69 Å². The molecule has 0 aliphatic carbocycles. The first-order valence-electron chi connectivity index (χ1n) is 10.1. The van der Waals surface area contributed by atoms with Crippen LogP contribution >= 0.6 is 0 Å². The average molecular weight is 475 g/mol. The molecular weight excluding hydrogens is 458 g/mol. The molecule has 2 N–H and O–H groups in total. The van der Waals surface area contributed by atoms with Gasteiger partial charge in [0.2, 0.25) is 0 Å². The molecular formula is C23H17N5O5S. The third-order valence-corrected chi connectivity index (χ3v) is 6.73. The molecule has 0 saturated heterocycles. The van der Waals surface area contributed by atoms with E-state index in [9.17, 15) is 18.0 Å². The number of hydrogen-bond donors (Lipinski definition) is 2. The molecule has 34 heavy (non-hydrogen) atoms. The summed E-state index contributed by atoms with van der Waals surface area (Å²) in [5.41, 5.74) is 0.889. The number of aromatic nitrogens is 4. The van der Waals surface area contributed by atoms with Crippen molar-refractivity contribution in [2.75, 3.05) is 5.32 Å². The van der Waals surface area contributed by atoms with E-state index in [1.165, 1.54) is 41.5 Å². The number of carbonyl (C=O) groups is 1. The van der Waals surface area contributed by atoms with Gasteiger partial charge < -0.3 is 14.7 Å². The van der Waals surface area contributed by atoms with E-state index < -0.39 is 15.7 Å². The number of benzene rings is 2. The summed E-state index contributed by atoms with van der Waals surface area (Å²) in [6, 6.07) is 17.7. The summed E-state index contributed by atoms with van der Waals surface area (Å²) in [6.07, 6.45) is 2.67. The van der Waals surface area contributed by atoms with Crippen molar-refractivity contribution in [1.29, 1.82) is 0 Å². The molecule has 0 fully saturated rings. The third kappa shape index (κ3) is 3.99. The number of sulfone groups is 1. The Kier molecular flexibility index (Phi) is 5.30. The minimum absolute atomic E-state index is 0.0482. The van der Waals surface area contributed by atoms with E-state index in [4.69, 9.17) is 4.42 Å². The van der Waals surface area contributed by atoms with E-state index in [1.54, 1.807) is 42.5 Å². The van der Waals surface area contributed by atoms with Crippen LogP contribution in [-0.2, 0) is 15.6 Å². The second-order valence-electron chi connectivity index (χ2n) is 7.33. The Balaban J connectivity index is 1.40. The highest BCUT2D eigenvalue weighted by molar-refractivity contribution is 7.90. The van der Waals surface area contributed by atoms with E-state index in [1.807, 2.05) is 0 Å². The van der Waals surface area contributed by atoms with Gasteiger partial charge in [-0.1, -0.05) is 30.3 Å². The van der Waals surface area contributed by atoms with Gasteiger partial charge in [-0.25, -0.2) is 18.1 Å². The van der Waals surface area contributed by atoms with E-state index in [0.29, 0.717) is 22.4 Å². The molecule has 0 aliphatic heterocycles. The Morgan fingerprint density at radius 2 is 1.79 bits per heavy atom. The lowest BCUT2D eigenvalue weighted by Gasteiger charge is -2.10. The summed E-state index contributed by atoms with van der Waals surface area (Å²) in [4.78, 5) is 31.7. The monoisotopic (exact) mass is 475 g/mol. The minimum atomic E-state index is -3.62. The predicted molar refractivity (Wildman–Crippen MR) is 123 cm³/mol. The first-order valence-corrected chi connectivity index (χ1v) is 11.8. The van der Waals surface area contributed by atoms with Gasteiger partial charge >= 0.3 is 0 Å². The summed E-state index contributed by atoms with van der Waals surface area (Å²) >= 11 is 0. The molecule has 2 aromatic carbocycles. The first-order chi connectivity index (χ1) is 16.4. The largest absolute Gasteiger partial charge is 0.455 e. The van der Waals surface area contributed by atoms with E-state index in [2.05, 4.69) is 20.4 Å².